The Kier molecular flexibility index (Phi) is 8.97. The number of rotatable bonds is 11. The van der Waals surface area contributed by atoms with E-state index in [-0.39, 0.29) is 13.2 Å². The van der Waals surface area contributed by atoms with Crippen LogP contribution >= 0.6 is 0 Å². The van der Waals surface area contributed by atoms with Crippen molar-refractivity contribution < 1.29 is 24.8 Å². The van der Waals surface area contributed by atoms with Crippen LogP contribution in [-0.2, 0) is 9.47 Å². The molecule has 0 bridgehead atoms. The minimum atomic E-state index is -0.649. The average molecular weight is 306 g/mol. The highest BCUT2D eigenvalue weighted by Gasteiger charge is 2.33. The summed E-state index contributed by atoms with van der Waals surface area (Å²) in [5, 5.41) is 28.9. The molecule has 0 fully saturated rings. The molecule has 0 saturated carbocycles. The van der Waals surface area contributed by atoms with Crippen LogP contribution in [0.2, 0.25) is 0 Å². The zero-order valence-electron chi connectivity index (χ0n) is 14.4. The van der Waals surface area contributed by atoms with E-state index in [0.29, 0.717) is 12.8 Å². The molecule has 0 amide bonds. The van der Waals surface area contributed by atoms with E-state index in [9.17, 15) is 15.3 Å². The van der Waals surface area contributed by atoms with Crippen LogP contribution in [0, 0.1) is 0 Å². The Hall–Kier alpha value is -0.200. The van der Waals surface area contributed by atoms with Crippen molar-refractivity contribution in [1.82, 2.24) is 0 Å². The molecule has 5 unspecified atom stereocenters. The lowest BCUT2D eigenvalue weighted by Crippen LogP contribution is -2.45. The van der Waals surface area contributed by atoms with Gasteiger partial charge in [0.15, 0.2) is 0 Å². The Morgan fingerprint density at radius 3 is 1.95 bits per heavy atom. The highest BCUT2D eigenvalue weighted by molar-refractivity contribution is 4.82. The maximum atomic E-state index is 9.79. The molecule has 0 aromatic rings. The molecular weight excluding hydrogens is 272 g/mol. The van der Waals surface area contributed by atoms with Gasteiger partial charge in [-0.05, 0) is 40.5 Å². The summed E-state index contributed by atoms with van der Waals surface area (Å²) in [7, 11) is 0. The third-order valence-electron chi connectivity index (χ3n) is 4.31. The second kappa shape index (κ2) is 9.06. The van der Waals surface area contributed by atoms with E-state index in [4.69, 9.17) is 9.47 Å². The lowest BCUT2D eigenvalue weighted by atomic mass is 9.95. The minimum absolute atomic E-state index is 0.158. The molecule has 0 heterocycles. The first-order valence-corrected chi connectivity index (χ1v) is 7.91. The van der Waals surface area contributed by atoms with Crippen molar-refractivity contribution in [3.8, 4) is 0 Å². The van der Waals surface area contributed by atoms with Gasteiger partial charge in [-0.1, -0.05) is 13.8 Å². The molecule has 0 aromatic heterocycles. The van der Waals surface area contributed by atoms with Gasteiger partial charge >= 0.3 is 0 Å². The van der Waals surface area contributed by atoms with Crippen molar-refractivity contribution in [2.24, 2.45) is 0 Å². The van der Waals surface area contributed by atoms with Crippen LogP contribution in [0.5, 0.6) is 0 Å². The fraction of sp³-hybridized carbons (Fsp3) is 1.00. The first-order valence-electron chi connectivity index (χ1n) is 7.91. The van der Waals surface area contributed by atoms with Crippen LogP contribution in [0.25, 0.3) is 0 Å². The molecule has 128 valence electrons. The normalized spacial score (nSPS) is 22.1. The van der Waals surface area contributed by atoms with Crippen molar-refractivity contribution in [2.75, 3.05) is 13.2 Å². The molecule has 0 saturated heterocycles. The SMILES string of the molecule is CCC(C)(CC(C)O)OC(CO)COC(C)(CC)C(C)O. The van der Waals surface area contributed by atoms with Gasteiger partial charge in [0.25, 0.3) is 0 Å². The number of hydrogen-bond acceptors (Lipinski definition) is 5. The molecule has 0 radical (unpaired) electrons. The van der Waals surface area contributed by atoms with Crippen LogP contribution < -0.4 is 0 Å². The van der Waals surface area contributed by atoms with Crippen LogP contribution in [0.3, 0.4) is 0 Å². The van der Waals surface area contributed by atoms with E-state index < -0.39 is 29.5 Å². The Bertz CT molecular complexity index is 282. The van der Waals surface area contributed by atoms with E-state index >= 15 is 0 Å². The molecule has 0 aliphatic heterocycles. The summed E-state index contributed by atoms with van der Waals surface area (Å²) in [6.07, 6.45) is 0.363. The molecule has 0 aliphatic rings. The maximum absolute atomic E-state index is 9.79. The van der Waals surface area contributed by atoms with E-state index in [2.05, 4.69) is 0 Å². The van der Waals surface area contributed by atoms with Gasteiger partial charge in [0.05, 0.1) is 36.6 Å². The third kappa shape index (κ3) is 7.06. The monoisotopic (exact) mass is 306 g/mol. The molecule has 0 aliphatic carbocycles. The quantitative estimate of drug-likeness (QED) is 0.543. The van der Waals surface area contributed by atoms with Gasteiger partial charge in [-0.3, -0.25) is 0 Å². The highest BCUT2D eigenvalue weighted by Crippen LogP contribution is 2.26. The fourth-order valence-electron chi connectivity index (χ4n) is 2.23. The molecule has 5 nitrogen and oxygen atoms in total. The Morgan fingerprint density at radius 2 is 1.62 bits per heavy atom. The molecule has 21 heavy (non-hydrogen) atoms. The number of ether oxygens (including phenoxy) is 2. The van der Waals surface area contributed by atoms with Crippen LogP contribution in [0.15, 0.2) is 0 Å². The molecule has 5 heteroatoms. The smallest absolute Gasteiger partial charge is 0.105 e. The average Bonchev–Trinajstić information content (AvgIpc) is 2.41. The van der Waals surface area contributed by atoms with Crippen molar-refractivity contribution in [3.63, 3.8) is 0 Å². The summed E-state index contributed by atoms with van der Waals surface area (Å²) >= 11 is 0. The maximum Gasteiger partial charge on any atom is 0.105 e. The van der Waals surface area contributed by atoms with E-state index in [1.165, 1.54) is 0 Å². The van der Waals surface area contributed by atoms with Crippen LogP contribution in [-0.4, -0.2) is 58.0 Å². The first kappa shape index (κ1) is 20.8. The zero-order chi connectivity index (χ0) is 16.7. The summed E-state index contributed by atoms with van der Waals surface area (Å²) in [5.41, 5.74) is -1.15. The summed E-state index contributed by atoms with van der Waals surface area (Å²) < 4.78 is 11.7. The topological polar surface area (TPSA) is 79.2 Å². The second-order valence-electron chi connectivity index (χ2n) is 6.43. The van der Waals surface area contributed by atoms with E-state index in [1.54, 1.807) is 13.8 Å². The lowest BCUT2D eigenvalue weighted by Gasteiger charge is -2.37. The van der Waals surface area contributed by atoms with Gasteiger partial charge in [0.2, 0.25) is 0 Å². The van der Waals surface area contributed by atoms with E-state index in [0.717, 1.165) is 6.42 Å². The number of aliphatic hydroxyl groups excluding tert-OH is 3. The van der Waals surface area contributed by atoms with Gasteiger partial charge in [-0.15, -0.1) is 0 Å². The molecule has 5 atom stereocenters. The first-order chi connectivity index (χ1) is 9.62. The summed E-state index contributed by atoms with van der Waals surface area (Å²) in [6, 6.07) is 0. The summed E-state index contributed by atoms with van der Waals surface area (Å²) in [4.78, 5) is 0. The van der Waals surface area contributed by atoms with Crippen molar-refractivity contribution in [1.29, 1.82) is 0 Å². The van der Waals surface area contributed by atoms with Gasteiger partial charge in [0.1, 0.15) is 6.10 Å². The summed E-state index contributed by atoms with van der Waals surface area (Å²) in [6.45, 7) is 11.2. The number of hydrogen-bond donors (Lipinski definition) is 3. The standard InChI is InChI=1S/C16H34O5/c1-7-15(5,9-12(3)18)21-14(10-17)11-20-16(6,8-2)13(4)19/h12-14,17-19H,7-11H2,1-6H3. The number of aliphatic hydroxyl groups is 3. The van der Waals surface area contributed by atoms with Gasteiger partial charge in [0, 0.05) is 6.42 Å². The second-order valence-corrected chi connectivity index (χ2v) is 6.43. The largest absolute Gasteiger partial charge is 0.394 e. The lowest BCUT2D eigenvalue weighted by molar-refractivity contribution is -0.177. The molecular formula is C16H34O5. The highest BCUT2D eigenvalue weighted by atomic mass is 16.6. The Balaban J connectivity index is 4.65. The van der Waals surface area contributed by atoms with Gasteiger partial charge in [-0.25, -0.2) is 0 Å². The predicted octanol–water partition coefficient (Wildman–Crippen LogP) is 1.87. The minimum Gasteiger partial charge on any atom is -0.394 e. The van der Waals surface area contributed by atoms with Gasteiger partial charge < -0.3 is 24.8 Å². The summed E-state index contributed by atoms with van der Waals surface area (Å²) in [5.74, 6) is 0. The Labute approximate surface area is 129 Å². The van der Waals surface area contributed by atoms with Crippen molar-refractivity contribution in [3.05, 3.63) is 0 Å². The predicted molar refractivity (Wildman–Crippen MR) is 83.3 cm³/mol. The van der Waals surface area contributed by atoms with Gasteiger partial charge in [-0.2, -0.15) is 0 Å². The van der Waals surface area contributed by atoms with Crippen molar-refractivity contribution in [2.45, 2.75) is 90.3 Å². The zero-order valence-corrected chi connectivity index (χ0v) is 14.4. The fourth-order valence-corrected chi connectivity index (χ4v) is 2.23. The van der Waals surface area contributed by atoms with E-state index in [1.807, 2.05) is 27.7 Å². The van der Waals surface area contributed by atoms with Crippen LogP contribution in [0.1, 0.15) is 60.8 Å². The third-order valence-corrected chi connectivity index (χ3v) is 4.31. The van der Waals surface area contributed by atoms with Crippen LogP contribution in [0.4, 0.5) is 0 Å². The van der Waals surface area contributed by atoms with Crippen molar-refractivity contribution >= 4 is 0 Å². The Morgan fingerprint density at radius 1 is 1.05 bits per heavy atom. The molecule has 0 spiro atoms. The molecule has 0 aromatic carbocycles. The molecule has 0 rings (SSSR count). The molecule has 3 N–H and O–H groups in total.